The van der Waals surface area contributed by atoms with E-state index in [2.05, 4.69) is 25.6 Å². The van der Waals surface area contributed by atoms with Crippen LogP contribution in [0.1, 0.15) is 55.1 Å². The van der Waals surface area contributed by atoms with Gasteiger partial charge in [0.2, 0.25) is 5.89 Å². The average molecular weight is 309 g/mol. The van der Waals surface area contributed by atoms with Crippen molar-refractivity contribution in [1.29, 1.82) is 0 Å². The second kappa shape index (κ2) is 5.16. The van der Waals surface area contributed by atoms with Crippen molar-refractivity contribution in [3.05, 3.63) is 48.0 Å². The Balaban J connectivity index is 1.37. The Labute approximate surface area is 134 Å². The van der Waals surface area contributed by atoms with Gasteiger partial charge in [0.25, 0.3) is 0 Å². The van der Waals surface area contributed by atoms with E-state index in [1.54, 1.807) is 0 Å². The van der Waals surface area contributed by atoms with Crippen LogP contribution in [0.25, 0.3) is 5.65 Å². The molecule has 4 heterocycles. The lowest BCUT2D eigenvalue weighted by Gasteiger charge is -2.20. The molecule has 0 bridgehead atoms. The highest BCUT2D eigenvalue weighted by Gasteiger charge is 2.34. The number of hydrogen-bond donors (Lipinski definition) is 0. The van der Waals surface area contributed by atoms with Gasteiger partial charge in [0, 0.05) is 24.9 Å². The molecule has 0 aromatic carbocycles. The van der Waals surface area contributed by atoms with Crippen LogP contribution < -0.4 is 0 Å². The Hall–Kier alpha value is -2.21. The first kappa shape index (κ1) is 13.2. The molecule has 0 N–H and O–H groups in total. The Morgan fingerprint density at radius 1 is 1.17 bits per heavy atom. The average Bonchev–Trinajstić information content (AvgIpc) is 3.00. The van der Waals surface area contributed by atoms with Gasteiger partial charge < -0.3 is 8.92 Å². The van der Waals surface area contributed by atoms with E-state index in [1.807, 2.05) is 24.4 Å². The largest absolute Gasteiger partial charge is 0.339 e. The molecule has 1 saturated heterocycles. The summed E-state index contributed by atoms with van der Waals surface area (Å²) in [4.78, 5) is 11.8. The molecule has 5 rings (SSSR count). The van der Waals surface area contributed by atoms with Gasteiger partial charge in [-0.2, -0.15) is 4.98 Å². The Kier molecular flexibility index (Phi) is 2.97. The Morgan fingerprint density at radius 2 is 2.13 bits per heavy atom. The molecule has 1 atom stereocenters. The highest BCUT2D eigenvalue weighted by atomic mass is 16.5. The molecule has 2 aliphatic rings. The van der Waals surface area contributed by atoms with E-state index in [1.165, 1.54) is 19.3 Å². The van der Waals surface area contributed by atoms with Crippen LogP contribution in [0.5, 0.6) is 0 Å². The Morgan fingerprint density at radius 3 is 3.00 bits per heavy atom. The standard InChI is InChI=1S/C17H19N5O/c1-2-8-22-11-13(18-15(22)5-1)10-21-9-3-4-14(21)16-19-17(23-20-16)12-6-7-12/h1-2,5,8,11-12,14H,3-4,6-7,9-10H2/t14-/m1/s1. The van der Waals surface area contributed by atoms with Crippen molar-refractivity contribution in [3.63, 3.8) is 0 Å². The number of aromatic nitrogens is 4. The highest BCUT2D eigenvalue weighted by molar-refractivity contribution is 5.39. The maximum Gasteiger partial charge on any atom is 0.229 e. The summed E-state index contributed by atoms with van der Waals surface area (Å²) in [6.07, 6.45) is 8.79. The number of rotatable bonds is 4. The van der Waals surface area contributed by atoms with Crippen molar-refractivity contribution in [3.8, 4) is 0 Å². The molecular weight excluding hydrogens is 290 g/mol. The zero-order valence-electron chi connectivity index (χ0n) is 12.9. The molecule has 3 aromatic heterocycles. The molecule has 118 valence electrons. The summed E-state index contributed by atoms with van der Waals surface area (Å²) in [6.45, 7) is 1.89. The quantitative estimate of drug-likeness (QED) is 0.741. The molecule has 1 aliphatic heterocycles. The van der Waals surface area contributed by atoms with Gasteiger partial charge in [-0.05, 0) is 44.4 Å². The molecule has 2 fully saturated rings. The van der Waals surface area contributed by atoms with Crippen LogP contribution in [0.3, 0.4) is 0 Å². The molecule has 0 amide bonds. The monoisotopic (exact) mass is 309 g/mol. The van der Waals surface area contributed by atoms with Crippen molar-refractivity contribution in [1.82, 2.24) is 24.4 Å². The molecular formula is C17H19N5O. The maximum atomic E-state index is 5.44. The van der Waals surface area contributed by atoms with Gasteiger partial charge in [0.1, 0.15) is 5.65 Å². The third kappa shape index (κ3) is 2.43. The van der Waals surface area contributed by atoms with Crippen molar-refractivity contribution in [2.75, 3.05) is 6.54 Å². The van der Waals surface area contributed by atoms with Crippen LogP contribution >= 0.6 is 0 Å². The molecule has 1 aliphatic carbocycles. The third-order valence-electron chi connectivity index (χ3n) is 4.82. The SMILES string of the molecule is c1ccn2cc(CN3CCC[C@@H]3c3noc(C4CC4)n3)nc2c1. The van der Waals surface area contributed by atoms with Crippen LogP contribution in [0.15, 0.2) is 35.1 Å². The van der Waals surface area contributed by atoms with E-state index >= 15 is 0 Å². The second-order valence-electron chi connectivity index (χ2n) is 6.59. The summed E-state index contributed by atoms with van der Waals surface area (Å²) in [5.74, 6) is 2.21. The predicted octanol–water partition coefficient (Wildman–Crippen LogP) is 2.93. The Bertz CT molecular complexity index is 801. The van der Waals surface area contributed by atoms with E-state index in [4.69, 9.17) is 9.51 Å². The van der Waals surface area contributed by atoms with Crippen LogP contribution in [0.4, 0.5) is 0 Å². The summed E-state index contributed by atoms with van der Waals surface area (Å²) < 4.78 is 7.51. The molecule has 6 heteroatoms. The van der Waals surface area contributed by atoms with Crippen molar-refractivity contribution < 1.29 is 4.52 Å². The van der Waals surface area contributed by atoms with E-state index in [-0.39, 0.29) is 6.04 Å². The number of fused-ring (bicyclic) bond motifs is 1. The van der Waals surface area contributed by atoms with Crippen LogP contribution in [0.2, 0.25) is 0 Å². The fraction of sp³-hybridized carbons (Fsp3) is 0.471. The smallest absolute Gasteiger partial charge is 0.229 e. The first-order valence-corrected chi connectivity index (χ1v) is 8.37. The number of nitrogens with zero attached hydrogens (tertiary/aromatic N) is 5. The minimum Gasteiger partial charge on any atom is -0.339 e. The lowest BCUT2D eigenvalue weighted by atomic mass is 10.2. The summed E-state index contributed by atoms with van der Waals surface area (Å²) in [5, 5.41) is 4.24. The number of imidazole rings is 1. The zero-order valence-corrected chi connectivity index (χ0v) is 12.9. The summed E-state index contributed by atoms with van der Waals surface area (Å²) in [5.41, 5.74) is 2.09. The van der Waals surface area contributed by atoms with Gasteiger partial charge in [-0.15, -0.1) is 0 Å². The van der Waals surface area contributed by atoms with Crippen LogP contribution in [-0.4, -0.2) is 31.0 Å². The zero-order chi connectivity index (χ0) is 15.2. The fourth-order valence-electron chi connectivity index (χ4n) is 3.46. The van der Waals surface area contributed by atoms with Gasteiger partial charge in [0.05, 0.1) is 11.7 Å². The predicted molar refractivity (Wildman–Crippen MR) is 83.9 cm³/mol. The normalized spacial score (nSPS) is 22.2. The lowest BCUT2D eigenvalue weighted by molar-refractivity contribution is 0.232. The van der Waals surface area contributed by atoms with Crippen LogP contribution in [-0.2, 0) is 6.54 Å². The maximum absolute atomic E-state index is 5.44. The molecule has 1 saturated carbocycles. The molecule has 23 heavy (non-hydrogen) atoms. The van der Waals surface area contributed by atoms with Crippen LogP contribution in [0, 0.1) is 0 Å². The van der Waals surface area contributed by atoms with E-state index < -0.39 is 0 Å². The van der Waals surface area contributed by atoms with Gasteiger partial charge in [-0.25, -0.2) is 4.98 Å². The third-order valence-corrected chi connectivity index (χ3v) is 4.82. The number of pyridine rings is 1. The van der Waals surface area contributed by atoms with Crippen molar-refractivity contribution in [2.24, 2.45) is 0 Å². The summed E-state index contributed by atoms with van der Waals surface area (Å²) in [7, 11) is 0. The van der Waals surface area contributed by atoms with Gasteiger partial charge in [0.15, 0.2) is 5.82 Å². The summed E-state index contributed by atoms with van der Waals surface area (Å²) >= 11 is 0. The van der Waals surface area contributed by atoms with Gasteiger partial charge >= 0.3 is 0 Å². The summed E-state index contributed by atoms with van der Waals surface area (Å²) in [6, 6.07) is 6.34. The molecule has 0 unspecified atom stereocenters. The first-order chi connectivity index (χ1) is 11.4. The van der Waals surface area contributed by atoms with E-state index in [9.17, 15) is 0 Å². The molecule has 0 radical (unpaired) electrons. The van der Waals surface area contributed by atoms with Crippen molar-refractivity contribution >= 4 is 5.65 Å². The minimum absolute atomic E-state index is 0.260. The van der Waals surface area contributed by atoms with E-state index in [0.29, 0.717) is 5.92 Å². The number of hydrogen-bond acceptors (Lipinski definition) is 5. The second-order valence-corrected chi connectivity index (χ2v) is 6.59. The molecule has 0 spiro atoms. The van der Waals surface area contributed by atoms with Gasteiger partial charge in [-0.3, -0.25) is 4.90 Å². The number of likely N-dealkylation sites (tertiary alicyclic amines) is 1. The van der Waals surface area contributed by atoms with E-state index in [0.717, 1.165) is 42.6 Å². The molecule has 3 aromatic rings. The van der Waals surface area contributed by atoms with Gasteiger partial charge in [-0.1, -0.05) is 11.2 Å². The topological polar surface area (TPSA) is 59.5 Å². The minimum atomic E-state index is 0.260. The lowest BCUT2D eigenvalue weighted by Crippen LogP contribution is -2.23. The highest BCUT2D eigenvalue weighted by Crippen LogP contribution is 2.40. The molecule has 6 nitrogen and oxygen atoms in total. The van der Waals surface area contributed by atoms with Crippen molar-refractivity contribution in [2.45, 2.75) is 44.2 Å². The fourth-order valence-corrected chi connectivity index (χ4v) is 3.46. The first-order valence-electron chi connectivity index (χ1n) is 8.37.